The van der Waals surface area contributed by atoms with Crippen LogP contribution in [0.2, 0.25) is 0 Å². The number of ether oxygens (including phenoxy) is 1. The molecule has 0 saturated carbocycles. The lowest BCUT2D eigenvalue weighted by molar-refractivity contribution is -0.119. The lowest BCUT2D eigenvalue weighted by atomic mass is 10.1. The van der Waals surface area contributed by atoms with Crippen molar-refractivity contribution in [3.05, 3.63) is 94.5 Å². The topological polar surface area (TPSA) is 113 Å². The van der Waals surface area contributed by atoms with Crippen LogP contribution in [0.5, 0.6) is 0 Å². The predicted molar refractivity (Wildman–Crippen MR) is 134 cm³/mol. The minimum atomic E-state index is -0.786. The van der Waals surface area contributed by atoms with Gasteiger partial charge < -0.3 is 15.0 Å². The van der Waals surface area contributed by atoms with Crippen molar-refractivity contribution in [3.63, 3.8) is 0 Å². The molecule has 0 radical (unpaired) electrons. The van der Waals surface area contributed by atoms with E-state index in [4.69, 9.17) is 4.74 Å². The molecule has 186 valence electrons. The maximum Gasteiger partial charge on any atom is 0.338 e. The Balaban J connectivity index is 1.20. The molecule has 9 nitrogen and oxygen atoms in total. The first-order valence-electron chi connectivity index (χ1n) is 11.7. The SMILES string of the molecule is CC(=O)N1CCc2cc(NC(=O)COC(=O)c3ccc4c(c3)C(=O)N(Cc3ccccc3)C4=O)ccc21. The molecule has 0 saturated heterocycles. The molecular formula is C28H23N3O6. The van der Waals surface area contributed by atoms with Gasteiger partial charge in [-0.25, -0.2) is 4.79 Å². The van der Waals surface area contributed by atoms with Crippen molar-refractivity contribution < 1.29 is 28.7 Å². The fourth-order valence-electron chi connectivity index (χ4n) is 4.55. The Morgan fingerprint density at radius 2 is 1.68 bits per heavy atom. The van der Waals surface area contributed by atoms with E-state index in [-0.39, 0.29) is 29.1 Å². The Morgan fingerprint density at radius 1 is 0.919 bits per heavy atom. The van der Waals surface area contributed by atoms with Crippen molar-refractivity contribution in [1.29, 1.82) is 0 Å². The van der Waals surface area contributed by atoms with Crippen LogP contribution in [0.25, 0.3) is 0 Å². The average molecular weight is 498 g/mol. The largest absolute Gasteiger partial charge is 0.452 e. The van der Waals surface area contributed by atoms with Crippen LogP contribution < -0.4 is 10.2 Å². The highest BCUT2D eigenvalue weighted by atomic mass is 16.5. The van der Waals surface area contributed by atoms with Crippen molar-refractivity contribution >= 4 is 41.0 Å². The maximum atomic E-state index is 12.9. The van der Waals surface area contributed by atoms with Gasteiger partial charge >= 0.3 is 5.97 Å². The summed E-state index contributed by atoms with van der Waals surface area (Å²) in [5, 5.41) is 2.68. The average Bonchev–Trinajstić information content (AvgIpc) is 3.42. The first-order valence-corrected chi connectivity index (χ1v) is 11.7. The lowest BCUT2D eigenvalue weighted by Crippen LogP contribution is -2.29. The molecular weight excluding hydrogens is 474 g/mol. The van der Waals surface area contributed by atoms with E-state index in [0.29, 0.717) is 18.7 Å². The first kappa shape index (κ1) is 23.9. The number of esters is 1. The van der Waals surface area contributed by atoms with Crippen molar-refractivity contribution in [3.8, 4) is 0 Å². The van der Waals surface area contributed by atoms with Crippen LogP contribution in [0, 0.1) is 0 Å². The van der Waals surface area contributed by atoms with Crippen LogP contribution in [0.3, 0.4) is 0 Å². The normalized spacial score (nSPS) is 13.9. The zero-order valence-electron chi connectivity index (χ0n) is 20.0. The molecule has 0 spiro atoms. The Hall–Kier alpha value is -4.79. The molecule has 2 aliphatic rings. The number of carbonyl (C=O) groups is 5. The summed E-state index contributed by atoms with van der Waals surface area (Å²) >= 11 is 0. The molecule has 2 heterocycles. The van der Waals surface area contributed by atoms with Crippen LogP contribution in [0.4, 0.5) is 11.4 Å². The number of rotatable bonds is 6. The number of benzene rings is 3. The molecule has 2 aliphatic heterocycles. The van der Waals surface area contributed by atoms with E-state index in [2.05, 4.69) is 5.32 Å². The number of fused-ring (bicyclic) bond motifs is 2. The summed E-state index contributed by atoms with van der Waals surface area (Å²) in [6.07, 6.45) is 0.690. The van der Waals surface area contributed by atoms with Gasteiger partial charge in [0.2, 0.25) is 5.91 Å². The van der Waals surface area contributed by atoms with Gasteiger partial charge in [-0.3, -0.25) is 24.1 Å². The summed E-state index contributed by atoms with van der Waals surface area (Å²) in [4.78, 5) is 65.0. The predicted octanol–water partition coefficient (Wildman–Crippen LogP) is 3.19. The number of imide groups is 1. The highest BCUT2D eigenvalue weighted by Gasteiger charge is 2.36. The Kier molecular flexibility index (Phi) is 6.27. The number of amides is 4. The number of carbonyl (C=O) groups excluding carboxylic acids is 5. The molecule has 1 N–H and O–H groups in total. The maximum absolute atomic E-state index is 12.9. The van der Waals surface area contributed by atoms with Crippen molar-refractivity contribution in [2.45, 2.75) is 19.9 Å². The van der Waals surface area contributed by atoms with Gasteiger partial charge in [0.25, 0.3) is 17.7 Å². The van der Waals surface area contributed by atoms with Gasteiger partial charge in [0, 0.05) is 24.8 Å². The number of nitrogens with one attached hydrogen (secondary N) is 1. The quantitative estimate of drug-likeness (QED) is 0.413. The number of hydrogen-bond donors (Lipinski definition) is 1. The van der Waals surface area contributed by atoms with E-state index in [1.165, 1.54) is 25.1 Å². The second-order valence-corrected chi connectivity index (χ2v) is 8.83. The summed E-state index contributed by atoms with van der Waals surface area (Å²) < 4.78 is 5.13. The summed E-state index contributed by atoms with van der Waals surface area (Å²) in [7, 11) is 0. The van der Waals surface area contributed by atoms with Crippen LogP contribution in [-0.2, 0) is 27.3 Å². The van der Waals surface area contributed by atoms with Crippen molar-refractivity contribution in [2.75, 3.05) is 23.4 Å². The highest BCUT2D eigenvalue weighted by molar-refractivity contribution is 6.21. The van der Waals surface area contributed by atoms with Gasteiger partial charge in [0.05, 0.1) is 23.2 Å². The van der Waals surface area contributed by atoms with Gasteiger partial charge in [-0.1, -0.05) is 30.3 Å². The molecule has 0 fully saturated rings. The summed E-state index contributed by atoms with van der Waals surface area (Å²) in [5.74, 6) is -2.27. The molecule has 0 aliphatic carbocycles. The third-order valence-corrected chi connectivity index (χ3v) is 6.36. The van der Waals surface area contributed by atoms with Crippen LogP contribution in [-0.4, -0.2) is 47.6 Å². The number of hydrogen-bond acceptors (Lipinski definition) is 6. The van der Waals surface area contributed by atoms with Crippen LogP contribution in [0.15, 0.2) is 66.7 Å². The van der Waals surface area contributed by atoms with Gasteiger partial charge in [0.15, 0.2) is 6.61 Å². The van der Waals surface area contributed by atoms with E-state index < -0.39 is 30.3 Å². The smallest absolute Gasteiger partial charge is 0.338 e. The molecule has 0 aromatic heterocycles. The third kappa shape index (κ3) is 4.71. The minimum absolute atomic E-state index is 0.0380. The van der Waals surface area contributed by atoms with E-state index in [0.717, 1.165) is 21.7 Å². The van der Waals surface area contributed by atoms with E-state index in [1.807, 2.05) is 30.3 Å². The summed E-state index contributed by atoms with van der Waals surface area (Å²) in [5.41, 5.74) is 3.52. The first-order chi connectivity index (χ1) is 17.8. The molecule has 4 amide bonds. The van der Waals surface area contributed by atoms with Gasteiger partial charge in [-0.05, 0) is 53.9 Å². The molecule has 0 unspecified atom stereocenters. The van der Waals surface area contributed by atoms with Crippen molar-refractivity contribution in [1.82, 2.24) is 4.90 Å². The Labute approximate surface area is 212 Å². The Morgan fingerprint density at radius 3 is 2.43 bits per heavy atom. The molecule has 3 aromatic carbocycles. The molecule has 37 heavy (non-hydrogen) atoms. The number of anilines is 2. The molecule has 5 rings (SSSR count). The van der Waals surface area contributed by atoms with Crippen LogP contribution >= 0.6 is 0 Å². The minimum Gasteiger partial charge on any atom is -0.452 e. The zero-order chi connectivity index (χ0) is 26.1. The summed E-state index contributed by atoms with van der Waals surface area (Å²) in [6.45, 7) is 1.70. The second kappa shape index (κ2) is 9.69. The highest BCUT2D eigenvalue weighted by Crippen LogP contribution is 2.30. The molecule has 0 atom stereocenters. The molecule has 3 aromatic rings. The van der Waals surface area contributed by atoms with E-state index in [1.54, 1.807) is 23.1 Å². The van der Waals surface area contributed by atoms with E-state index >= 15 is 0 Å². The van der Waals surface area contributed by atoms with Crippen molar-refractivity contribution in [2.24, 2.45) is 0 Å². The molecule has 0 bridgehead atoms. The number of nitrogens with zero attached hydrogens (tertiary/aromatic N) is 2. The third-order valence-electron chi connectivity index (χ3n) is 6.36. The fourth-order valence-corrected chi connectivity index (χ4v) is 4.55. The second-order valence-electron chi connectivity index (χ2n) is 8.83. The van der Waals surface area contributed by atoms with Gasteiger partial charge in [0.1, 0.15) is 0 Å². The van der Waals surface area contributed by atoms with E-state index in [9.17, 15) is 24.0 Å². The Bertz CT molecular complexity index is 1450. The fraction of sp³-hybridized carbons (Fsp3) is 0.179. The zero-order valence-corrected chi connectivity index (χ0v) is 20.0. The lowest BCUT2D eigenvalue weighted by Gasteiger charge is -2.15. The molecule has 9 heteroatoms. The van der Waals surface area contributed by atoms with Crippen LogP contribution in [0.1, 0.15) is 49.1 Å². The monoisotopic (exact) mass is 497 g/mol. The standard InChI is InChI=1S/C28H23N3O6/c1-17(32)30-12-11-19-13-21(8-10-24(19)30)29-25(33)16-37-28(36)20-7-9-22-23(14-20)27(35)31(26(22)34)15-18-5-3-2-4-6-18/h2-10,13-14H,11-12,15-16H2,1H3,(H,29,33). The van der Waals surface area contributed by atoms with Gasteiger partial charge in [-0.2, -0.15) is 0 Å². The van der Waals surface area contributed by atoms with Gasteiger partial charge in [-0.15, -0.1) is 0 Å². The summed E-state index contributed by atoms with van der Waals surface area (Å²) in [6, 6.07) is 18.5.